The molecule has 0 bridgehead atoms. The quantitative estimate of drug-likeness (QED) is 0.486. The second-order valence-corrected chi connectivity index (χ2v) is 12.0. The van der Waals surface area contributed by atoms with Crippen molar-refractivity contribution in [1.29, 1.82) is 0 Å². The van der Waals surface area contributed by atoms with E-state index in [-0.39, 0.29) is 57.8 Å². The molecule has 0 atom stereocenters. The highest BCUT2D eigenvalue weighted by Crippen LogP contribution is 2.14. The van der Waals surface area contributed by atoms with Gasteiger partial charge < -0.3 is 14.2 Å². The lowest BCUT2D eigenvalue weighted by atomic mass is 10.8. The van der Waals surface area contributed by atoms with Crippen molar-refractivity contribution in [2.45, 2.75) is 0 Å². The lowest BCUT2D eigenvalue weighted by molar-refractivity contribution is 0.0159. The molecule has 3 fully saturated rings. The van der Waals surface area contributed by atoms with E-state index in [1.54, 1.807) is 0 Å². The van der Waals surface area contributed by atoms with Gasteiger partial charge in [-0.1, -0.05) is 0 Å². The van der Waals surface area contributed by atoms with E-state index >= 15 is 0 Å². The van der Waals surface area contributed by atoms with Gasteiger partial charge in [-0.15, -0.1) is 0 Å². The van der Waals surface area contributed by atoms with Crippen LogP contribution in [0.2, 0.25) is 0 Å². The minimum absolute atomic E-state index is 0. The van der Waals surface area contributed by atoms with Crippen molar-refractivity contribution >= 4 is 29.9 Å². The standard InChI is InChI=1S/C7H14N2O6S2.C4H8O3S.H2/c10-16(11)3-1-14-6-8(16)5-9-7-15-2-4-17(9,12)13;5-8(6)3-1-7-2-4-8;/h1-7H2;1-4H2;1H. The van der Waals surface area contributed by atoms with E-state index in [0.29, 0.717) is 13.2 Å². The first kappa shape index (κ1) is 21.0. The summed E-state index contributed by atoms with van der Waals surface area (Å²) in [6, 6.07) is 0. The third-order valence-electron chi connectivity index (χ3n) is 3.62. The molecular formula is C11H24N2O9S3. The van der Waals surface area contributed by atoms with Gasteiger partial charge in [0.05, 0.1) is 56.1 Å². The SMILES string of the molecule is O=S1(=O)CCOCC1.O=S1(=O)CCOCN1CN1COCCS1(=O)=O.[HH]. The smallest absolute Gasteiger partial charge is 0.219 e. The normalized spacial score (nSPS) is 29.3. The molecule has 0 saturated carbocycles. The third kappa shape index (κ3) is 6.39. The maximum absolute atomic E-state index is 11.7. The monoisotopic (exact) mass is 424 g/mol. The van der Waals surface area contributed by atoms with E-state index < -0.39 is 29.9 Å². The van der Waals surface area contributed by atoms with E-state index in [2.05, 4.69) is 0 Å². The van der Waals surface area contributed by atoms with Crippen LogP contribution in [0.1, 0.15) is 1.43 Å². The van der Waals surface area contributed by atoms with Gasteiger partial charge in [-0.2, -0.15) is 8.61 Å². The molecule has 0 N–H and O–H groups in total. The highest BCUT2D eigenvalue weighted by Gasteiger charge is 2.33. The Morgan fingerprint density at radius 3 is 1.36 bits per heavy atom. The summed E-state index contributed by atoms with van der Waals surface area (Å²) in [4.78, 5) is 0. The van der Waals surface area contributed by atoms with E-state index in [1.165, 1.54) is 0 Å². The molecule has 0 unspecified atom stereocenters. The summed E-state index contributed by atoms with van der Waals surface area (Å²) in [5, 5.41) is 0. The maximum Gasteiger partial charge on any atom is 0.219 e. The molecule has 0 aromatic heterocycles. The van der Waals surface area contributed by atoms with E-state index in [1.807, 2.05) is 0 Å². The molecule has 11 nitrogen and oxygen atoms in total. The Balaban J connectivity index is 0.000000318. The summed E-state index contributed by atoms with van der Waals surface area (Å²) in [7, 11) is -9.56. The molecule has 0 aromatic carbocycles. The van der Waals surface area contributed by atoms with E-state index in [4.69, 9.17) is 14.2 Å². The molecule has 3 aliphatic rings. The molecule has 25 heavy (non-hydrogen) atoms. The molecule has 3 aliphatic heterocycles. The Labute approximate surface area is 149 Å². The largest absolute Gasteiger partial charge is 0.379 e. The molecule has 0 aliphatic carbocycles. The van der Waals surface area contributed by atoms with Gasteiger partial charge in [0.1, 0.15) is 13.5 Å². The predicted molar refractivity (Wildman–Crippen MR) is 89.3 cm³/mol. The zero-order valence-electron chi connectivity index (χ0n) is 13.6. The minimum Gasteiger partial charge on any atom is -0.379 e. The topological polar surface area (TPSA) is 137 Å². The maximum atomic E-state index is 11.7. The summed E-state index contributed by atoms with van der Waals surface area (Å²) in [5.74, 6) is 0.156. The van der Waals surface area contributed by atoms with Crippen LogP contribution in [0.4, 0.5) is 0 Å². The van der Waals surface area contributed by atoms with Crippen LogP contribution in [0.3, 0.4) is 0 Å². The predicted octanol–water partition coefficient (Wildman–Crippen LogP) is -2.14. The Morgan fingerprint density at radius 1 is 0.640 bits per heavy atom. The molecule has 3 saturated heterocycles. The lowest BCUT2D eigenvalue weighted by Crippen LogP contribution is -2.51. The van der Waals surface area contributed by atoms with Crippen LogP contribution in [-0.2, 0) is 44.1 Å². The van der Waals surface area contributed by atoms with Crippen LogP contribution in [-0.4, -0.2) is 103 Å². The summed E-state index contributed by atoms with van der Waals surface area (Å²) in [6.07, 6.45) is 0. The van der Waals surface area contributed by atoms with Crippen LogP contribution in [0.25, 0.3) is 0 Å². The molecule has 0 radical (unpaired) electrons. The molecule has 3 heterocycles. The number of nitrogens with zero attached hydrogens (tertiary/aromatic N) is 2. The van der Waals surface area contributed by atoms with Crippen molar-refractivity contribution in [3.05, 3.63) is 0 Å². The van der Waals surface area contributed by atoms with Crippen molar-refractivity contribution in [2.24, 2.45) is 0 Å². The Hall–Kier alpha value is -0.350. The highest BCUT2D eigenvalue weighted by molar-refractivity contribution is 7.91. The van der Waals surface area contributed by atoms with Crippen molar-refractivity contribution in [3.8, 4) is 0 Å². The van der Waals surface area contributed by atoms with Crippen LogP contribution < -0.4 is 0 Å². The van der Waals surface area contributed by atoms with Gasteiger partial charge in [-0.25, -0.2) is 25.3 Å². The average Bonchev–Trinajstić information content (AvgIpc) is 2.51. The summed E-state index contributed by atoms with van der Waals surface area (Å²) >= 11 is 0. The fourth-order valence-corrected chi connectivity index (χ4v) is 5.38. The van der Waals surface area contributed by atoms with Crippen LogP contribution in [0, 0.1) is 0 Å². The summed E-state index contributed by atoms with van der Waals surface area (Å²) < 4.78 is 84.6. The molecule has 14 heteroatoms. The van der Waals surface area contributed by atoms with Gasteiger partial charge in [0.15, 0.2) is 9.84 Å². The fourth-order valence-electron chi connectivity index (χ4n) is 2.09. The Kier molecular flexibility index (Phi) is 7.17. The second-order valence-electron chi connectivity index (χ2n) is 5.52. The van der Waals surface area contributed by atoms with E-state index in [0.717, 1.165) is 8.61 Å². The van der Waals surface area contributed by atoms with Gasteiger partial charge >= 0.3 is 0 Å². The second kappa shape index (κ2) is 8.56. The van der Waals surface area contributed by atoms with Gasteiger partial charge in [-0.05, 0) is 0 Å². The third-order valence-corrected chi connectivity index (χ3v) is 8.58. The van der Waals surface area contributed by atoms with E-state index in [9.17, 15) is 25.3 Å². The van der Waals surface area contributed by atoms with Crippen molar-refractivity contribution in [1.82, 2.24) is 8.61 Å². The molecular weight excluding hydrogens is 400 g/mol. The number of hydrogen-bond acceptors (Lipinski definition) is 9. The molecule has 0 spiro atoms. The summed E-state index contributed by atoms with van der Waals surface area (Å²) in [5.41, 5.74) is 0. The summed E-state index contributed by atoms with van der Waals surface area (Å²) in [6.45, 7) is 0.558. The zero-order valence-corrected chi connectivity index (χ0v) is 16.0. The Bertz CT molecular complexity index is 698. The highest BCUT2D eigenvalue weighted by atomic mass is 32.2. The fraction of sp³-hybridized carbons (Fsp3) is 1.00. The number of sulfone groups is 1. The molecule has 0 aromatic rings. The molecule has 150 valence electrons. The first-order valence-electron chi connectivity index (χ1n) is 7.52. The first-order valence-corrected chi connectivity index (χ1v) is 12.6. The number of ether oxygens (including phenoxy) is 3. The number of rotatable bonds is 2. The van der Waals surface area contributed by atoms with Crippen LogP contribution in [0.5, 0.6) is 0 Å². The van der Waals surface area contributed by atoms with Crippen molar-refractivity contribution in [3.63, 3.8) is 0 Å². The minimum atomic E-state index is -3.43. The Morgan fingerprint density at radius 2 is 1.04 bits per heavy atom. The van der Waals surface area contributed by atoms with Gasteiger partial charge in [0.25, 0.3) is 0 Å². The molecule has 3 rings (SSSR count). The van der Waals surface area contributed by atoms with Crippen molar-refractivity contribution < 1.29 is 40.9 Å². The average molecular weight is 425 g/mol. The van der Waals surface area contributed by atoms with Crippen molar-refractivity contribution in [2.75, 3.05) is 69.6 Å². The zero-order chi connectivity index (χ0) is 18.6. The molecule has 0 amide bonds. The van der Waals surface area contributed by atoms with Gasteiger partial charge in [0.2, 0.25) is 20.0 Å². The van der Waals surface area contributed by atoms with Crippen LogP contribution in [0.15, 0.2) is 0 Å². The van der Waals surface area contributed by atoms with Crippen LogP contribution >= 0.6 is 0 Å². The van der Waals surface area contributed by atoms with Gasteiger partial charge in [0, 0.05) is 1.43 Å². The van der Waals surface area contributed by atoms with Gasteiger partial charge in [-0.3, -0.25) is 0 Å². The first-order chi connectivity index (χ1) is 11.6. The number of hydrogen-bond donors (Lipinski definition) is 0. The lowest BCUT2D eigenvalue weighted by Gasteiger charge is -2.33. The number of sulfonamides is 2.